The summed E-state index contributed by atoms with van der Waals surface area (Å²) >= 11 is 0. The zero-order chi connectivity index (χ0) is 20.9. The molecular weight excluding hydrogens is 378 g/mol. The number of hydrogen-bond donors (Lipinski definition) is 0. The van der Waals surface area contributed by atoms with Crippen LogP contribution in [0, 0.1) is 0 Å². The summed E-state index contributed by atoms with van der Waals surface area (Å²) in [4.78, 5) is 14.3. The van der Waals surface area contributed by atoms with Crippen LogP contribution in [0.2, 0.25) is 0 Å². The summed E-state index contributed by atoms with van der Waals surface area (Å²) in [5.74, 6) is 0.928. The molecule has 0 saturated carbocycles. The Morgan fingerprint density at radius 3 is 2.33 bits per heavy atom. The molecule has 0 aliphatic heterocycles. The molecular formula is C24H23N3O3. The number of benzene rings is 2. The zero-order valence-corrected chi connectivity index (χ0v) is 17.0. The average molecular weight is 401 g/mol. The van der Waals surface area contributed by atoms with E-state index < -0.39 is 0 Å². The van der Waals surface area contributed by atoms with Gasteiger partial charge in [-0.1, -0.05) is 77.9 Å². The van der Waals surface area contributed by atoms with Crippen molar-refractivity contribution in [3.63, 3.8) is 0 Å². The van der Waals surface area contributed by atoms with Gasteiger partial charge in [0.05, 0.1) is 12.2 Å². The smallest absolute Gasteiger partial charge is 0.292 e. The molecule has 4 aromatic rings. The number of aromatic nitrogens is 2. The van der Waals surface area contributed by atoms with Crippen LogP contribution < -0.4 is 0 Å². The molecule has 0 unspecified atom stereocenters. The molecule has 6 heteroatoms. The first kappa shape index (κ1) is 19.6. The van der Waals surface area contributed by atoms with Gasteiger partial charge in [0, 0.05) is 24.7 Å². The number of carbonyl (C=O) groups is 1. The molecule has 0 fully saturated rings. The number of rotatable bonds is 7. The van der Waals surface area contributed by atoms with Crippen molar-refractivity contribution in [1.82, 2.24) is 15.2 Å². The Balaban J connectivity index is 1.38. The van der Waals surface area contributed by atoms with Crippen LogP contribution in [0.3, 0.4) is 0 Å². The molecule has 1 atom stereocenters. The fourth-order valence-electron chi connectivity index (χ4n) is 3.35. The highest BCUT2D eigenvalue weighted by Crippen LogP contribution is 2.22. The Kier molecular flexibility index (Phi) is 5.75. The zero-order valence-electron chi connectivity index (χ0n) is 17.0. The van der Waals surface area contributed by atoms with Gasteiger partial charge in [0.2, 0.25) is 5.76 Å². The van der Waals surface area contributed by atoms with E-state index in [-0.39, 0.29) is 17.6 Å². The highest BCUT2D eigenvalue weighted by molar-refractivity contribution is 5.91. The van der Waals surface area contributed by atoms with Crippen LogP contribution in [-0.4, -0.2) is 28.2 Å². The molecule has 0 N–H and O–H groups in total. The molecule has 0 radical (unpaired) electrons. The predicted octanol–water partition coefficient (Wildman–Crippen LogP) is 4.95. The number of nitrogens with zero attached hydrogens (tertiary/aromatic N) is 3. The summed E-state index contributed by atoms with van der Waals surface area (Å²) in [5.41, 5.74) is 3.60. The van der Waals surface area contributed by atoms with Crippen molar-refractivity contribution < 1.29 is 13.8 Å². The first-order valence-corrected chi connectivity index (χ1v) is 9.87. The molecule has 0 spiro atoms. The summed E-state index contributed by atoms with van der Waals surface area (Å²) < 4.78 is 10.7. The summed E-state index contributed by atoms with van der Waals surface area (Å²) in [6.45, 7) is 2.44. The monoisotopic (exact) mass is 401 g/mol. The summed E-state index contributed by atoms with van der Waals surface area (Å²) in [7, 11) is 1.70. The molecule has 6 nitrogen and oxygen atoms in total. The second kappa shape index (κ2) is 8.78. The van der Waals surface area contributed by atoms with E-state index >= 15 is 0 Å². The van der Waals surface area contributed by atoms with Gasteiger partial charge in [-0.25, -0.2) is 0 Å². The first-order chi connectivity index (χ1) is 14.6. The van der Waals surface area contributed by atoms with Gasteiger partial charge in [0.1, 0.15) is 5.69 Å². The maximum absolute atomic E-state index is 12.7. The second-order valence-corrected chi connectivity index (χ2v) is 7.41. The Labute approximate surface area is 175 Å². The third kappa shape index (κ3) is 4.49. The Hall–Kier alpha value is -3.67. The van der Waals surface area contributed by atoms with Gasteiger partial charge in [0.15, 0.2) is 5.76 Å². The van der Waals surface area contributed by atoms with E-state index in [4.69, 9.17) is 9.05 Å². The van der Waals surface area contributed by atoms with Gasteiger partial charge in [-0.3, -0.25) is 4.79 Å². The van der Waals surface area contributed by atoms with Crippen molar-refractivity contribution in [1.29, 1.82) is 0 Å². The topological polar surface area (TPSA) is 72.4 Å². The van der Waals surface area contributed by atoms with E-state index in [9.17, 15) is 4.79 Å². The van der Waals surface area contributed by atoms with Gasteiger partial charge in [-0.2, -0.15) is 0 Å². The molecule has 0 saturated heterocycles. The molecule has 2 aromatic carbocycles. The Morgan fingerprint density at radius 1 is 0.933 bits per heavy atom. The molecule has 2 aromatic heterocycles. The minimum absolute atomic E-state index is 0.222. The molecule has 0 aliphatic rings. The highest BCUT2D eigenvalue weighted by Gasteiger charge is 2.20. The van der Waals surface area contributed by atoms with E-state index in [0.29, 0.717) is 24.4 Å². The highest BCUT2D eigenvalue weighted by atomic mass is 16.5. The average Bonchev–Trinajstić information content (AvgIpc) is 3.44. The lowest BCUT2D eigenvalue weighted by Gasteiger charge is -2.12. The number of hydrogen-bond acceptors (Lipinski definition) is 5. The molecule has 30 heavy (non-hydrogen) atoms. The molecule has 0 bridgehead atoms. The molecule has 0 aliphatic carbocycles. The van der Waals surface area contributed by atoms with E-state index in [1.54, 1.807) is 13.1 Å². The number of carbonyl (C=O) groups excluding carboxylic acids is 1. The molecule has 2 heterocycles. The van der Waals surface area contributed by atoms with E-state index in [1.807, 2.05) is 54.6 Å². The molecule has 4 rings (SSSR count). The summed E-state index contributed by atoms with van der Waals surface area (Å²) in [6.07, 6.45) is 0.703. The standard InChI is InChI=1S/C24H23N3O3/c1-17(18-9-5-3-6-10-18)13-20-14-23(30-25-20)24(28)27(2)16-21-15-22(29-26-21)19-11-7-4-8-12-19/h3-12,14-15,17H,13,16H2,1-2H3/t17-/m1/s1. The first-order valence-electron chi connectivity index (χ1n) is 9.87. The lowest BCUT2D eigenvalue weighted by atomic mass is 9.96. The maximum Gasteiger partial charge on any atom is 0.292 e. The van der Waals surface area contributed by atoms with E-state index in [1.165, 1.54) is 10.5 Å². The predicted molar refractivity (Wildman–Crippen MR) is 113 cm³/mol. The van der Waals surface area contributed by atoms with Crippen LogP contribution in [-0.2, 0) is 13.0 Å². The van der Waals surface area contributed by atoms with E-state index in [0.717, 1.165) is 11.3 Å². The van der Waals surface area contributed by atoms with Crippen LogP contribution in [0.1, 0.15) is 40.3 Å². The maximum atomic E-state index is 12.7. The molecule has 152 valence electrons. The van der Waals surface area contributed by atoms with Gasteiger partial charge >= 0.3 is 0 Å². The van der Waals surface area contributed by atoms with Crippen molar-refractivity contribution in [3.8, 4) is 11.3 Å². The Bertz CT molecular complexity index is 1100. The summed E-state index contributed by atoms with van der Waals surface area (Å²) in [5, 5.41) is 8.15. The molecule has 1 amide bonds. The van der Waals surface area contributed by atoms with Crippen LogP contribution >= 0.6 is 0 Å². The largest absolute Gasteiger partial charge is 0.356 e. The summed E-state index contributed by atoms with van der Waals surface area (Å²) in [6, 6.07) is 23.5. The minimum Gasteiger partial charge on any atom is -0.356 e. The van der Waals surface area contributed by atoms with Crippen LogP contribution in [0.25, 0.3) is 11.3 Å². The van der Waals surface area contributed by atoms with Crippen molar-refractivity contribution in [2.24, 2.45) is 0 Å². The third-order valence-electron chi connectivity index (χ3n) is 5.02. The third-order valence-corrected chi connectivity index (χ3v) is 5.02. The fraction of sp³-hybridized carbons (Fsp3) is 0.208. The van der Waals surface area contributed by atoms with E-state index in [2.05, 4.69) is 29.4 Å². The van der Waals surface area contributed by atoms with Crippen molar-refractivity contribution in [2.75, 3.05) is 7.05 Å². The normalized spacial score (nSPS) is 11.9. The van der Waals surface area contributed by atoms with Gasteiger partial charge < -0.3 is 13.9 Å². The second-order valence-electron chi connectivity index (χ2n) is 7.41. The SMILES string of the molecule is C[C@H](Cc1cc(C(=O)N(C)Cc2cc(-c3ccccc3)on2)on1)c1ccccc1. The quantitative estimate of drug-likeness (QED) is 0.438. The minimum atomic E-state index is -0.245. The van der Waals surface area contributed by atoms with Crippen LogP contribution in [0.4, 0.5) is 0 Å². The van der Waals surface area contributed by atoms with Gasteiger partial charge in [-0.15, -0.1) is 0 Å². The number of amides is 1. The van der Waals surface area contributed by atoms with Gasteiger partial charge in [-0.05, 0) is 17.9 Å². The van der Waals surface area contributed by atoms with Crippen LogP contribution in [0.15, 0.2) is 81.8 Å². The van der Waals surface area contributed by atoms with Crippen molar-refractivity contribution in [2.45, 2.75) is 25.8 Å². The Morgan fingerprint density at radius 2 is 1.60 bits per heavy atom. The van der Waals surface area contributed by atoms with Crippen molar-refractivity contribution in [3.05, 3.63) is 95.5 Å². The van der Waals surface area contributed by atoms with Gasteiger partial charge in [0.25, 0.3) is 5.91 Å². The lowest BCUT2D eigenvalue weighted by molar-refractivity contribution is 0.0740. The van der Waals surface area contributed by atoms with Crippen molar-refractivity contribution >= 4 is 5.91 Å². The van der Waals surface area contributed by atoms with Crippen LogP contribution in [0.5, 0.6) is 0 Å². The lowest BCUT2D eigenvalue weighted by Crippen LogP contribution is -2.25. The fourth-order valence-corrected chi connectivity index (χ4v) is 3.35.